The summed E-state index contributed by atoms with van der Waals surface area (Å²) in [6.45, 7) is 7.72. The van der Waals surface area contributed by atoms with Gasteiger partial charge in [0, 0.05) is 52.2 Å². The molecule has 0 spiro atoms. The molecule has 0 aliphatic carbocycles. The van der Waals surface area contributed by atoms with Crippen LogP contribution in [0.4, 0.5) is 0 Å². The van der Waals surface area contributed by atoms with Gasteiger partial charge in [-0.15, -0.1) is 12.1 Å². The van der Waals surface area contributed by atoms with Crippen LogP contribution in [0, 0.1) is 6.92 Å². The Balaban J connectivity index is -0.000000149. The van der Waals surface area contributed by atoms with E-state index in [1.165, 1.54) is 0 Å². The minimum absolute atomic E-state index is 0. The molecule has 2 heteroatoms. The Morgan fingerprint density at radius 3 is 1.55 bits per heavy atom. The number of hydrogen-bond donors (Lipinski definition) is 0. The molecule has 0 heterocycles. The molecule has 11 heavy (non-hydrogen) atoms. The van der Waals surface area contributed by atoms with E-state index < -0.39 is 0 Å². The smallest absolute Gasteiger partial charge is 0 e. The Labute approximate surface area is 108 Å². The molecule has 0 aromatic heterocycles. The fraction of sp³-hybridized carbons (Fsp3) is 0.222. The van der Waals surface area contributed by atoms with Crippen molar-refractivity contribution in [3.63, 3.8) is 0 Å². The standard InChI is InChI=1S/C7H7.C2H6.Y.Zn/c1-7-5-3-2-4-6-7;1-2;;/h2-6H,1H2;1-2H3;;/q-1;;;. The molecule has 0 N–H and O–H groups in total. The molecule has 0 atom stereocenters. The minimum atomic E-state index is 0. The quantitative estimate of drug-likeness (QED) is 0.504. The third-order valence-corrected chi connectivity index (χ3v) is 0.843. The first-order valence-corrected chi connectivity index (χ1v) is 3.26. The van der Waals surface area contributed by atoms with Crippen LogP contribution in [-0.2, 0) is 52.2 Å². The molecule has 0 bridgehead atoms. The summed E-state index contributed by atoms with van der Waals surface area (Å²) in [5, 5.41) is 0. The maximum absolute atomic E-state index is 3.72. The van der Waals surface area contributed by atoms with Gasteiger partial charge >= 0.3 is 0 Å². The Bertz CT molecular complexity index is 139. The molecule has 1 radical (unpaired) electrons. The van der Waals surface area contributed by atoms with Crippen LogP contribution >= 0.6 is 0 Å². The Morgan fingerprint density at radius 1 is 1.00 bits per heavy atom. The first kappa shape index (κ1) is 17.8. The van der Waals surface area contributed by atoms with Gasteiger partial charge in [0.05, 0.1) is 0 Å². The monoisotopic (exact) mass is 274 g/mol. The second-order valence-corrected chi connectivity index (χ2v) is 1.49. The van der Waals surface area contributed by atoms with E-state index in [1.807, 2.05) is 44.2 Å². The van der Waals surface area contributed by atoms with Crippen molar-refractivity contribution >= 4 is 0 Å². The van der Waals surface area contributed by atoms with Gasteiger partial charge in [-0.25, -0.2) is 0 Å². The van der Waals surface area contributed by atoms with E-state index in [4.69, 9.17) is 0 Å². The van der Waals surface area contributed by atoms with Gasteiger partial charge in [0.2, 0.25) is 0 Å². The third-order valence-electron chi connectivity index (χ3n) is 0.843. The molecule has 1 aromatic rings. The molecular formula is C9H13YZn-. The van der Waals surface area contributed by atoms with Gasteiger partial charge < -0.3 is 0 Å². The topological polar surface area (TPSA) is 0 Å². The molecule has 0 amide bonds. The molecule has 0 unspecified atom stereocenters. The van der Waals surface area contributed by atoms with Gasteiger partial charge in [-0.2, -0.15) is 24.6 Å². The molecule has 0 aliphatic rings. The van der Waals surface area contributed by atoms with Gasteiger partial charge in [-0.1, -0.05) is 19.9 Å². The van der Waals surface area contributed by atoms with Crippen LogP contribution in [0.1, 0.15) is 19.4 Å². The van der Waals surface area contributed by atoms with Crippen LogP contribution < -0.4 is 0 Å². The van der Waals surface area contributed by atoms with E-state index in [0.717, 1.165) is 5.56 Å². The van der Waals surface area contributed by atoms with Crippen LogP contribution in [0.15, 0.2) is 30.3 Å². The Kier molecular flexibility index (Phi) is 21.7. The zero-order valence-electron chi connectivity index (χ0n) is 7.38. The second-order valence-electron chi connectivity index (χ2n) is 1.49. The van der Waals surface area contributed by atoms with Gasteiger partial charge in [0.25, 0.3) is 0 Å². The second kappa shape index (κ2) is 13.4. The van der Waals surface area contributed by atoms with Crippen molar-refractivity contribution in [1.29, 1.82) is 0 Å². The van der Waals surface area contributed by atoms with Gasteiger partial charge in [-0.05, 0) is 0 Å². The van der Waals surface area contributed by atoms with E-state index in [9.17, 15) is 0 Å². The molecule has 0 saturated carbocycles. The summed E-state index contributed by atoms with van der Waals surface area (Å²) in [6, 6.07) is 9.87. The molecular weight excluding hydrogens is 262 g/mol. The fourth-order valence-corrected chi connectivity index (χ4v) is 0.478. The van der Waals surface area contributed by atoms with Crippen LogP contribution in [0.2, 0.25) is 0 Å². The van der Waals surface area contributed by atoms with E-state index in [-0.39, 0.29) is 52.2 Å². The van der Waals surface area contributed by atoms with E-state index >= 15 is 0 Å². The summed E-state index contributed by atoms with van der Waals surface area (Å²) in [7, 11) is 0. The van der Waals surface area contributed by atoms with E-state index in [2.05, 4.69) is 6.92 Å². The molecule has 0 fully saturated rings. The Morgan fingerprint density at radius 2 is 1.36 bits per heavy atom. The molecule has 1 rings (SSSR count). The van der Waals surface area contributed by atoms with Crippen LogP contribution in [0.5, 0.6) is 0 Å². The van der Waals surface area contributed by atoms with Crippen molar-refractivity contribution in [2.24, 2.45) is 0 Å². The minimum Gasteiger partial charge on any atom is -0.199 e. The number of rotatable bonds is 0. The summed E-state index contributed by atoms with van der Waals surface area (Å²) in [5.74, 6) is 0. The van der Waals surface area contributed by atoms with Crippen molar-refractivity contribution in [1.82, 2.24) is 0 Å². The summed E-state index contributed by atoms with van der Waals surface area (Å²) < 4.78 is 0. The maximum atomic E-state index is 3.72. The fourth-order valence-electron chi connectivity index (χ4n) is 0.478. The van der Waals surface area contributed by atoms with Gasteiger partial charge in [0.1, 0.15) is 0 Å². The third kappa shape index (κ3) is 10.8. The van der Waals surface area contributed by atoms with Gasteiger partial charge in [0.15, 0.2) is 0 Å². The summed E-state index contributed by atoms with van der Waals surface area (Å²) in [4.78, 5) is 0. The zero-order valence-corrected chi connectivity index (χ0v) is 13.2. The van der Waals surface area contributed by atoms with Crippen molar-refractivity contribution < 1.29 is 52.2 Å². The summed E-state index contributed by atoms with van der Waals surface area (Å²) >= 11 is 0. The largest absolute Gasteiger partial charge is 0.199 e. The number of hydrogen-bond acceptors (Lipinski definition) is 0. The molecule has 0 saturated heterocycles. The predicted octanol–water partition coefficient (Wildman–Crippen LogP) is 2.89. The summed E-state index contributed by atoms with van der Waals surface area (Å²) in [6.07, 6.45) is 0. The molecule has 1 aromatic carbocycles. The van der Waals surface area contributed by atoms with Crippen molar-refractivity contribution in [2.75, 3.05) is 0 Å². The van der Waals surface area contributed by atoms with Crippen molar-refractivity contribution in [2.45, 2.75) is 13.8 Å². The SMILES string of the molecule is CC.[CH2-]c1ccccc1.[Y].[Zn]. The Hall–Kier alpha value is 0.817. The number of benzene rings is 1. The average molecular weight is 275 g/mol. The van der Waals surface area contributed by atoms with E-state index in [1.54, 1.807) is 0 Å². The van der Waals surface area contributed by atoms with Gasteiger partial charge in [-0.3, -0.25) is 0 Å². The first-order chi connectivity index (χ1) is 4.39. The van der Waals surface area contributed by atoms with Crippen LogP contribution in [0.25, 0.3) is 0 Å². The maximum Gasteiger partial charge on any atom is 0 e. The normalized spacial score (nSPS) is 6.00. The van der Waals surface area contributed by atoms with Crippen LogP contribution in [-0.4, -0.2) is 0 Å². The zero-order chi connectivity index (χ0) is 7.11. The van der Waals surface area contributed by atoms with Crippen LogP contribution in [0.3, 0.4) is 0 Å². The molecule has 55 valence electrons. The first-order valence-electron chi connectivity index (χ1n) is 3.26. The molecule has 0 aliphatic heterocycles. The van der Waals surface area contributed by atoms with Crippen molar-refractivity contribution in [3.05, 3.63) is 42.8 Å². The summed E-state index contributed by atoms with van der Waals surface area (Å²) in [5.41, 5.74) is 1.07. The van der Waals surface area contributed by atoms with E-state index in [0.29, 0.717) is 0 Å². The predicted molar refractivity (Wildman–Crippen MR) is 42.2 cm³/mol. The average Bonchev–Trinajstić information content (AvgIpc) is 1.94. The van der Waals surface area contributed by atoms with Crippen molar-refractivity contribution in [3.8, 4) is 0 Å². The molecule has 0 nitrogen and oxygen atoms in total.